The van der Waals surface area contributed by atoms with E-state index in [1.165, 1.54) is 4.90 Å². The molecule has 0 unspecified atom stereocenters. The normalized spacial score (nSPS) is 17.6. The number of benzene rings is 1. The highest BCUT2D eigenvalue weighted by Crippen LogP contribution is 2.24. The van der Waals surface area contributed by atoms with E-state index in [9.17, 15) is 8.42 Å². The molecule has 9 heteroatoms. The lowest BCUT2D eigenvalue weighted by molar-refractivity contribution is -0.934. The number of aromatic nitrogens is 2. The van der Waals surface area contributed by atoms with E-state index in [0.717, 1.165) is 10.4 Å². The van der Waals surface area contributed by atoms with Crippen molar-refractivity contribution < 1.29 is 17.7 Å². The van der Waals surface area contributed by atoms with Gasteiger partial charge in [-0.3, -0.25) is 0 Å². The lowest BCUT2D eigenvalue weighted by Crippen LogP contribution is -3.14. The summed E-state index contributed by atoms with van der Waals surface area (Å²) in [5.74, 6) is 1.19. The summed E-state index contributed by atoms with van der Waals surface area (Å²) in [6, 6.07) is 13.3. The van der Waals surface area contributed by atoms with Crippen molar-refractivity contribution in [1.82, 2.24) is 14.5 Å². The van der Waals surface area contributed by atoms with Crippen molar-refractivity contribution >= 4 is 21.4 Å². The van der Waals surface area contributed by atoms with Crippen LogP contribution in [-0.2, 0) is 15.8 Å². The van der Waals surface area contributed by atoms with Crippen molar-refractivity contribution in [2.45, 2.75) is 18.7 Å². The predicted octanol–water partition coefficient (Wildman–Crippen LogP) is 1.59. The lowest BCUT2D eigenvalue weighted by Gasteiger charge is -2.33. The largest absolute Gasteiger partial charge is 0.414 e. The topological polar surface area (TPSA) is 80.7 Å². The minimum Gasteiger partial charge on any atom is -0.414 e. The van der Waals surface area contributed by atoms with Gasteiger partial charge in [-0.15, -0.1) is 21.5 Å². The second-order valence-corrected chi connectivity index (χ2v) is 9.86. The Bertz CT molecular complexity index is 995. The van der Waals surface area contributed by atoms with Gasteiger partial charge in [-0.2, -0.15) is 4.31 Å². The molecule has 1 atom stereocenters. The Kier molecular flexibility index (Phi) is 5.58. The second kappa shape index (κ2) is 8.12. The quantitative estimate of drug-likeness (QED) is 0.656. The maximum atomic E-state index is 12.7. The van der Waals surface area contributed by atoms with E-state index >= 15 is 0 Å². The smallest absolute Gasteiger partial charge is 0.274 e. The number of nitrogens with zero attached hydrogens (tertiary/aromatic N) is 3. The van der Waals surface area contributed by atoms with Crippen LogP contribution in [0.4, 0.5) is 0 Å². The molecule has 148 valence electrons. The molecule has 3 aromatic rings. The summed E-state index contributed by atoms with van der Waals surface area (Å²) in [5.41, 5.74) is 0.817. The predicted molar refractivity (Wildman–Crippen MR) is 107 cm³/mol. The van der Waals surface area contributed by atoms with Gasteiger partial charge in [-0.25, -0.2) is 8.42 Å². The van der Waals surface area contributed by atoms with Gasteiger partial charge < -0.3 is 9.32 Å². The molecule has 1 aliphatic rings. The van der Waals surface area contributed by atoms with Crippen LogP contribution in [0.3, 0.4) is 0 Å². The van der Waals surface area contributed by atoms with Gasteiger partial charge in [0, 0.05) is 0 Å². The van der Waals surface area contributed by atoms with E-state index in [-0.39, 0.29) is 11.8 Å². The number of hydrogen-bond acceptors (Lipinski definition) is 6. The summed E-state index contributed by atoms with van der Waals surface area (Å²) in [7, 11) is -3.31. The third kappa shape index (κ3) is 4.17. The average molecular weight is 420 g/mol. The fourth-order valence-electron chi connectivity index (χ4n) is 3.44. The van der Waals surface area contributed by atoms with Gasteiger partial charge in [0.05, 0.1) is 36.8 Å². The zero-order valence-corrected chi connectivity index (χ0v) is 17.2. The van der Waals surface area contributed by atoms with Crippen LogP contribution < -0.4 is 4.90 Å². The SMILES string of the molecule is C[C@H](c1nnc(-c2cccs2)o1)[NH+]1CCN(S(=O)(=O)Cc2ccccc2)CC1. The summed E-state index contributed by atoms with van der Waals surface area (Å²) in [6.45, 7) is 4.48. The maximum absolute atomic E-state index is 12.7. The minimum atomic E-state index is -3.31. The van der Waals surface area contributed by atoms with E-state index in [0.29, 0.717) is 38.0 Å². The van der Waals surface area contributed by atoms with E-state index < -0.39 is 10.0 Å². The molecule has 2 aromatic heterocycles. The molecule has 0 saturated carbocycles. The van der Waals surface area contributed by atoms with E-state index in [2.05, 4.69) is 17.1 Å². The Hall–Kier alpha value is -2.07. The number of nitrogens with one attached hydrogen (secondary N) is 1. The molecule has 0 aliphatic carbocycles. The summed E-state index contributed by atoms with van der Waals surface area (Å²) >= 11 is 1.56. The van der Waals surface area contributed by atoms with Gasteiger partial charge in [0.2, 0.25) is 10.0 Å². The van der Waals surface area contributed by atoms with Crippen LogP contribution in [0.2, 0.25) is 0 Å². The molecule has 28 heavy (non-hydrogen) atoms. The fourth-order valence-corrected chi connectivity index (χ4v) is 5.62. The number of sulfonamides is 1. The first kappa shape index (κ1) is 19.3. The molecule has 1 aromatic carbocycles. The zero-order valence-electron chi connectivity index (χ0n) is 15.6. The van der Waals surface area contributed by atoms with Crippen LogP contribution in [0.25, 0.3) is 10.8 Å². The van der Waals surface area contributed by atoms with Gasteiger partial charge >= 0.3 is 0 Å². The zero-order chi connectivity index (χ0) is 19.6. The first-order valence-corrected chi connectivity index (χ1v) is 11.8. The summed E-state index contributed by atoms with van der Waals surface area (Å²) in [5, 5.41) is 10.3. The molecule has 0 amide bonds. The molecule has 0 bridgehead atoms. The van der Waals surface area contributed by atoms with Crippen LogP contribution in [0, 0.1) is 0 Å². The van der Waals surface area contributed by atoms with E-state index in [1.807, 2.05) is 47.8 Å². The van der Waals surface area contributed by atoms with Crippen molar-refractivity contribution in [1.29, 1.82) is 0 Å². The average Bonchev–Trinajstić information content (AvgIpc) is 3.40. The number of piperazine rings is 1. The molecule has 1 saturated heterocycles. The summed E-state index contributed by atoms with van der Waals surface area (Å²) < 4.78 is 32.9. The van der Waals surface area contributed by atoms with E-state index in [1.54, 1.807) is 15.6 Å². The number of hydrogen-bond donors (Lipinski definition) is 1. The number of quaternary nitrogens is 1. The summed E-state index contributed by atoms with van der Waals surface area (Å²) in [6.07, 6.45) is 0. The van der Waals surface area contributed by atoms with Crippen molar-refractivity contribution in [2.24, 2.45) is 0 Å². The van der Waals surface area contributed by atoms with E-state index in [4.69, 9.17) is 4.42 Å². The molecular formula is C19H23N4O3S2+. The van der Waals surface area contributed by atoms with Crippen LogP contribution in [0.1, 0.15) is 24.4 Å². The van der Waals surface area contributed by atoms with Gasteiger partial charge in [0.15, 0.2) is 6.04 Å². The van der Waals surface area contributed by atoms with Crippen LogP contribution in [0.5, 0.6) is 0 Å². The Morgan fingerprint density at radius 3 is 2.57 bits per heavy atom. The van der Waals surface area contributed by atoms with Crippen molar-refractivity contribution in [2.75, 3.05) is 26.2 Å². The van der Waals surface area contributed by atoms with Gasteiger partial charge in [0.25, 0.3) is 11.8 Å². The lowest BCUT2D eigenvalue weighted by atomic mass is 10.2. The second-order valence-electron chi connectivity index (χ2n) is 6.94. The molecule has 1 fully saturated rings. The van der Waals surface area contributed by atoms with Crippen molar-refractivity contribution in [3.05, 3.63) is 59.3 Å². The van der Waals surface area contributed by atoms with Crippen LogP contribution >= 0.6 is 11.3 Å². The minimum absolute atomic E-state index is 0.0280. The standard InChI is InChI=1S/C19H22N4O3S2/c1-15(18-20-21-19(26-18)17-8-5-13-27-17)22-9-11-23(12-10-22)28(24,25)14-16-6-3-2-4-7-16/h2-8,13,15H,9-12,14H2,1H3/p+1/t15-/m1/s1. The molecular weight excluding hydrogens is 396 g/mol. The highest BCUT2D eigenvalue weighted by atomic mass is 32.2. The molecule has 1 aliphatic heterocycles. The van der Waals surface area contributed by atoms with Gasteiger partial charge in [-0.1, -0.05) is 36.4 Å². The van der Waals surface area contributed by atoms with Gasteiger partial charge in [-0.05, 0) is 23.9 Å². The van der Waals surface area contributed by atoms with Crippen molar-refractivity contribution in [3.63, 3.8) is 0 Å². The van der Waals surface area contributed by atoms with Gasteiger partial charge in [0.1, 0.15) is 0 Å². The first-order chi connectivity index (χ1) is 13.5. The Balaban J connectivity index is 1.37. The van der Waals surface area contributed by atoms with Crippen LogP contribution in [-0.4, -0.2) is 49.1 Å². The third-order valence-corrected chi connectivity index (χ3v) is 7.81. The molecule has 3 heterocycles. The third-order valence-electron chi connectivity index (χ3n) is 5.11. The molecule has 4 rings (SSSR count). The molecule has 7 nitrogen and oxygen atoms in total. The monoisotopic (exact) mass is 419 g/mol. The number of rotatable bonds is 6. The first-order valence-electron chi connectivity index (χ1n) is 9.26. The molecule has 0 radical (unpaired) electrons. The molecule has 0 spiro atoms. The Morgan fingerprint density at radius 2 is 1.89 bits per heavy atom. The molecule has 1 N–H and O–H groups in total. The highest BCUT2D eigenvalue weighted by molar-refractivity contribution is 7.88. The maximum Gasteiger partial charge on any atom is 0.274 e. The Labute approximate surface area is 168 Å². The summed E-state index contributed by atoms with van der Waals surface area (Å²) in [4.78, 5) is 2.21. The Morgan fingerprint density at radius 1 is 1.14 bits per heavy atom. The van der Waals surface area contributed by atoms with Crippen molar-refractivity contribution in [3.8, 4) is 10.8 Å². The van der Waals surface area contributed by atoms with Crippen LogP contribution in [0.15, 0.2) is 52.3 Å². The number of thiophene rings is 1. The fraction of sp³-hybridized carbons (Fsp3) is 0.368. The highest BCUT2D eigenvalue weighted by Gasteiger charge is 2.33.